The Morgan fingerprint density at radius 2 is 1.87 bits per heavy atom. The highest BCUT2D eigenvalue weighted by molar-refractivity contribution is 5.85. The van der Waals surface area contributed by atoms with Crippen LogP contribution in [0.1, 0.15) is 5.56 Å². The summed E-state index contributed by atoms with van der Waals surface area (Å²) in [4.78, 5) is 20.9. The number of aromatic hydroxyl groups is 1. The molecule has 8 heteroatoms. The van der Waals surface area contributed by atoms with Gasteiger partial charge in [0.2, 0.25) is 5.95 Å². The molecule has 0 spiro atoms. The first-order valence-electron chi connectivity index (χ1n) is 9.59. The van der Waals surface area contributed by atoms with Crippen molar-refractivity contribution in [1.29, 1.82) is 0 Å². The van der Waals surface area contributed by atoms with Gasteiger partial charge in [-0.25, -0.2) is 4.98 Å². The Morgan fingerprint density at radius 1 is 0.967 bits per heavy atom. The number of pyridine rings is 1. The van der Waals surface area contributed by atoms with Gasteiger partial charge in [-0.3, -0.25) is 4.98 Å². The van der Waals surface area contributed by atoms with Crippen molar-refractivity contribution >= 4 is 39.5 Å². The summed E-state index contributed by atoms with van der Waals surface area (Å²) in [6, 6.07) is 17.0. The van der Waals surface area contributed by atoms with Crippen LogP contribution in [0.2, 0.25) is 0 Å². The van der Waals surface area contributed by atoms with Gasteiger partial charge in [-0.2, -0.15) is 9.97 Å². The van der Waals surface area contributed by atoms with Gasteiger partial charge in [0.1, 0.15) is 11.3 Å². The Kier molecular flexibility index (Phi) is 4.57. The molecule has 0 amide bonds. The zero-order valence-corrected chi connectivity index (χ0v) is 16.0. The van der Waals surface area contributed by atoms with E-state index in [9.17, 15) is 5.11 Å². The largest absolute Gasteiger partial charge is 0.508 e. The SMILES string of the molecule is Oc1ccc(CCNc2nc(Nc3ccc4ncccc4c3)nc3nc[nH]c23)cc1. The Morgan fingerprint density at radius 3 is 2.77 bits per heavy atom. The third kappa shape index (κ3) is 3.70. The van der Waals surface area contributed by atoms with Crippen LogP contribution < -0.4 is 10.6 Å². The molecule has 5 aromatic rings. The summed E-state index contributed by atoms with van der Waals surface area (Å²) in [7, 11) is 0. The zero-order chi connectivity index (χ0) is 20.3. The van der Waals surface area contributed by atoms with E-state index in [1.165, 1.54) is 0 Å². The fraction of sp³-hybridized carbons (Fsp3) is 0.0909. The van der Waals surface area contributed by atoms with Crippen LogP contribution in [0.15, 0.2) is 67.1 Å². The lowest BCUT2D eigenvalue weighted by molar-refractivity contribution is 0.475. The van der Waals surface area contributed by atoms with Crippen LogP contribution in [-0.2, 0) is 6.42 Å². The van der Waals surface area contributed by atoms with Gasteiger partial charge in [-0.15, -0.1) is 0 Å². The van der Waals surface area contributed by atoms with Crippen molar-refractivity contribution in [2.24, 2.45) is 0 Å². The number of hydrogen-bond donors (Lipinski definition) is 4. The third-order valence-electron chi connectivity index (χ3n) is 4.79. The number of imidazole rings is 1. The van der Waals surface area contributed by atoms with Crippen molar-refractivity contribution in [1.82, 2.24) is 24.9 Å². The molecule has 0 fully saturated rings. The molecule has 8 nitrogen and oxygen atoms in total. The van der Waals surface area contributed by atoms with Gasteiger partial charge >= 0.3 is 0 Å². The number of hydrogen-bond acceptors (Lipinski definition) is 7. The van der Waals surface area contributed by atoms with E-state index in [4.69, 9.17) is 0 Å². The van der Waals surface area contributed by atoms with E-state index < -0.39 is 0 Å². The average Bonchev–Trinajstić information content (AvgIpc) is 3.24. The second-order valence-corrected chi connectivity index (χ2v) is 6.88. The highest BCUT2D eigenvalue weighted by atomic mass is 16.3. The second-order valence-electron chi connectivity index (χ2n) is 6.88. The number of nitrogens with zero attached hydrogens (tertiary/aromatic N) is 4. The number of H-pyrrole nitrogens is 1. The number of fused-ring (bicyclic) bond motifs is 2. The maximum absolute atomic E-state index is 9.41. The Labute approximate surface area is 172 Å². The van der Waals surface area contributed by atoms with Gasteiger partial charge in [-0.1, -0.05) is 18.2 Å². The molecule has 3 heterocycles. The van der Waals surface area contributed by atoms with Crippen LogP contribution in [-0.4, -0.2) is 36.6 Å². The maximum atomic E-state index is 9.41. The molecule has 0 aliphatic rings. The van der Waals surface area contributed by atoms with Crippen molar-refractivity contribution < 1.29 is 5.11 Å². The molecule has 5 rings (SSSR count). The van der Waals surface area contributed by atoms with Gasteiger partial charge < -0.3 is 20.7 Å². The fourth-order valence-corrected chi connectivity index (χ4v) is 3.29. The summed E-state index contributed by atoms with van der Waals surface area (Å²) in [6.07, 6.45) is 4.18. The van der Waals surface area contributed by atoms with Crippen molar-refractivity contribution in [3.8, 4) is 5.75 Å². The van der Waals surface area contributed by atoms with Crippen molar-refractivity contribution in [2.45, 2.75) is 6.42 Å². The molecule has 0 bridgehead atoms. The molecular weight excluding hydrogens is 378 g/mol. The predicted molar refractivity (Wildman–Crippen MR) is 117 cm³/mol. The van der Waals surface area contributed by atoms with Crippen molar-refractivity contribution in [3.63, 3.8) is 0 Å². The van der Waals surface area contributed by atoms with Gasteiger partial charge in [0.25, 0.3) is 0 Å². The Balaban J connectivity index is 1.37. The summed E-state index contributed by atoms with van der Waals surface area (Å²) < 4.78 is 0. The molecule has 0 saturated heterocycles. The molecule has 0 radical (unpaired) electrons. The molecule has 2 aromatic carbocycles. The van der Waals surface area contributed by atoms with Crippen molar-refractivity contribution in [3.05, 3.63) is 72.7 Å². The van der Waals surface area contributed by atoms with Crippen LogP contribution in [0.4, 0.5) is 17.5 Å². The second kappa shape index (κ2) is 7.67. The third-order valence-corrected chi connectivity index (χ3v) is 4.79. The standard InChI is InChI=1S/C22H19N7O/c30-17-6-3-14(4-7-17)9-11-24-20-19-21(26-13-25-19)29-22(28-20)27-16-5-8-18-15(12-16)2-1-10-23-18/h1-8,10,12-13,30H,9,11H2,(H3,24,25,26,27,28,29). The lowest BCUT2D eigenvalue weighted by Crippen LogP contribution is -2.09. The van der Waals surface area contributed by atoms with Crippen LogP contribution in [0, 0.1) is 0 Å². The maximum Gasteiger partial charge on any atom is 0.231 e. The molecular formula is C22H19N7O. The number of aromatic amines is 1. The minimum atomic E-state index is 0.266. The first kappa shape index (κ1) is 17.9. The van der Waals surface area contributed by atoms with E-state index in [0.717, 1.165) is 34.1 Å². The van der Waals surface area contributed by atoms with Crippen LogP contribution >= 0.6 is 0 Å². The van der Waals surface area contributed by atoms with Crippen LogP contribution in [0.25, 0.3) is 22.1 Å². The molecule has 0 saturated carbocycles. The van der Waals surface area contributed by atoms with Crippen molar-refractivity contribution in [2.75, 3.05) is 17.2 Å². The summed E-state index contributed by atoms with van der Waals surface area (Å²) in [6.45, 7) is 0.678. The molecule has 0 aliphatic carbocycles. The van der Waals surface area contributed by atoms with E-state index in [1.54, 1.807) is 24.7 Å². The first-order chi connectivity index (χ1) is 14.7. The van der Waals surface area contributed by atoms with E-state index in [2.05, 4.69) is 35.6 Å². The topological polar surface area (TPSA) is 112 Å². The number of phenols is 1. The Hall–Kier alpha value is -4.20. The monoisotopic (exact) mass is 397 g/mol. The predicted octanol–water partition coefficient (Wildman–Crippen LogP) is 4.00. The number of nitrogens with one attached hydrogen (secondary N) is 3. The number of phenolic OH excluding ortho intramolecular Hbond substituents is 1. The van der Waals surface area contributed by atoms with E-state index >= 15 is 0 Å². The van der Waals surface area contributed by atoms with Gasteiger partial charge in [-0.05, 0) is 48.4 Å². The van der Waals surface area contributed by atoms with E-state index in [0.29, 0.717) is 24.0 Å². The van der Waals surface area contributed by atoms with Gasteiger partial charge in [0, 0.05) is 23.8 Å². The summed E-state index contributed by atoms with van der Waals surface area (Å²) >= 11 is 0. The zero-order valence-electron chi connectivity index (χ0n) is 16.0. The highest BCUT2D eigenvalue weighted by Crippen LogP contribution is 2.23. The summed E-state index contributed by atoms with van der Waals surface area (Å²) in [5, 5.41) is 17.1. The minimum absolute atomic E-state index is 0.266. The smallest absolute Gasteiger partial charge is 0.231 e. The lowest BCUT2D eigenvalue weighted by Gasteiger charge is -2.10. The average molecular weight is 397 g/mol. The molecule has 148 valence electrons. The van der Waals surface area contributed by atoms with Gasteiger partial charge in [0.05, 0.1) is 11.8 Å². The number of anilines is 3. The van der Waals surface area contributed by atoms with E-state index in [1.807, 2.05) is 42.5 Å². The molecule has 0 atom stereocenters. The van der Waals surface area contributed by atoms with Crippen LogP contribution in [0.3, 0.4) is 0 Å². The molecule has 4 N–H and O–H groups in total. The fourth-order valence-electron chi connectivity index (χ4n) is 3.29. The molecule has 30 heavy (non-hydrogen) atoms. The summed E-state index contributed by atoms with van der Waals surface area (Å²) in [5.41, 5.74) is 4.28. The summed E-state index contributed by atoms with van der Waals surface area (Å²) in [5.74, 6) is 1.41. The minimum Gasteiger partial charge on any atom is -0.508 e. The highest BCUT2D eigenvalue weighted by Gasteiger charge is 2.10. The normalized spacial score (nSPS) is 11.1. The Bertz CT molecular complexity index is 1310. The number of benzene rings is 2. The lowest BCUT2D eigenvalue weighted by atomic mass is 10.1. The quantitative estimate of drug-likeness (QED) is 0.343. The molecule has 0 unspecified atom stereocenters. The molecule has 0 aliphatic heterocycles. The van der Waals surface area contributed by atoms with Crippen LogP contribution in [0.5, 0.6) is 5.75 Å². The van der Waals surface area contributed by atoms with Gasteiger partial charge in [0.15, 0.2) is 11.5 Å². The molecule has 3 aromatic heterocycles. The van der Waals surface area contributed by atoms with E-state index in [-0.39, 0.29) is 5.75 Å². The number of rotatable bonds is 6. The first-order valence-corrected chi connectivity index (χ1v) is 9.59. The number of aromatic nitrogens is 5.